The molecule has 6 nitrogen and oxygen atoms in total. The molecular weight excluding hydrogens is 314 g/mol. The van der Waals surface area contributed by atoms with Gasteiger partial charge < -0.3 is 9.64 Å². The maximum absolute atomic E-state index is 12.5. The molecule has 1 aliphatic rings. The molecule has 1 aliphatic heterocycles. The van der Waals surface area contributed by atoms with E-state index in [2.05, 4.69) is 4.90 Å². The van der Waals surface area contributed by atoms with E-state index in [1.165, 1.54) is 22.3 Å². The Morgan fingerprint density at radius 2 is 2.04 bits per heavy atom. The lowest BCUT2D eigenvalue weighted by atomic mass is 10.1. The first-order valence-electron chi connectivity index (χ1n) is 7.89. The fraction of sp³-hybridized carbons (Fsp3) is 0.562. The molecule has 2 heterocycles. The Hall–Kier alpha value is -2.07. The second-order valence-corrected chi connectivity index (χ2v) is 6.28. The standard InChI is InChI=1S/C16H21N3O3S/c1-3-19-14(20)13(11-18-8-6-5-7-9-18)23-15(19)12(10-17)16(21)22-4-2/h11H,3-9H2,1-2H3. The highest BCUT2D eigenvalue weighted by Gasteiger charge is 2.16. The highest BCUT2D eigenvalue weighted by Crippen LogP contribution is 2.08. The number of carbonyl (C=O) groups is 1. The summed E-state index contributed by atoms with van der Waals surface area (Å²) in [7, 11) is 0. The maximum atomic E-state index is 12.5. The Bertz CT molecular complexity index is 779. The van der Waals surface area contributed by atoms with E-state index < -0.39 is 5.97 Å². The zero-order valence-corrected chi connectivity index (χ0v) is 14.3. The monoisotopic (exact) mass is 335 g/mol. The first-order valence-corrected chi connectivity index (χ1v) is 8.71. The Morgan fingerprint density at radius 1 is 1.35 bits per heavy atom. The van der Waals surface area contributed by atoms with Crippen LogP contribution in [0, 0.1) is 11.3 Å². The van der Waals surface area contributed by atoms with Crippen LogP contribution in [0.3, 0.4) is 0 Å². The number of likely N-dealkylation sites (tertiary alicyclic amines) is 1. The first kappa shape index (κ1) is 17.3. The van der Waals surface area contributed by atoms with Crippen molar-refractivity contribution in [2.75, 3.05) is 19.7 Å². The summed E-state index contributed by atoms with van der Waals surface area (Å²) >= 11 is 1.18. The summed E-state index contributed by atoms with van der Waals surface area (Å²) in [6.07, 6.45) is 5.32. The van der Waals surface area contributed by atoms with Gasteiger partial charge in [-0.25, -0.2) is 4.79 Å². The van der Waals surface area contributed by atoms with Crippen LogP contribution in [-0.4, -0.2) is 35.1 Å². The van der Waals surface area contributed by atoms with Gasteiger partial charge in [0.2, 0.25) is 0 Å². The van der Waals surface area contributed by atoms with Gasteiger partial charge in [-0.15, -0.1) is 11.3 Å². The van der Waals surface area contributed by atoms with Crippen LogP contribution in [0.2, 0.25) is 0 Å². The van der Waals surface area contributed by atoms with E-state index in [4.69, 9.17) is 4.74 Å². The lowest BCUT2D eigenvalue weighted by Crippen LogP contribution is -2.34. The van der Waals surface area contributed by atoms with Crippen LogP contribution in [0.5, 0.6) is 0 Å². The van der Waals surface area contributed by atoms with Crippen molar-refractivity contribution in [2.45, 2.75) is 39.7 Å². The molecule has 1 fully saturated rings. The number of hydrogen-bond donors (Lipinski definition) is 0. The molecule has 0 saturated carbocycles. The number of esters is 1. The first-order chi connectivity index (χ1) is 11.1. The predicted molar refractivity (Wildman–Crippen MR) is 89.0 cm³/mol. The van der Waals surface area contributed by atoms with Crippen molar-refractivity contribution < 1.29 is 9.53 Å². The molecule has 0 N–H and O–H groups in total. The van der Waals surface area contributed by atoms with Gasteiger partial charge in [0.05, 0.1) is 6.61 Å². The number of carbonyl (C=O) groups excluding carboxylic acids is 1. The summed E-state index contributed by atoms with van der Waals surface area (Å²) in [5.74, 6) is -0.678. The van der Waals surface area contributed by atoms with Crippen LogP contribution >= 0.6 is 11.3 Å². The minimum Gasteiger partial charge on any atom is -0.462 e. The SMILES string of the molecule is CCOC(=O)C(C#N)=c1sc(=CN2CCCCC2)c(=O)n1CC. The molecule has 0 radical (unpaired) electrons. The highest BCUT2D eigenvalue weighted by molar-refractivity contribution is 7.07. The lowest BCUT2D eigenvalue weighted by molar-refractivity contribution is -0.136. The van der Waals surface area contributed by atoms with Crippen LogP contribution < -0.4 is 14.8 Å². The summed E-state index contributed by atoms with van der Waals surface area (Å²) < 4.78 is 7.32. The van der Waals surface area contributed by atoms with E-state index in [0.29, 0.717) is 15.7 Å². The van der Waals surface area contributed by atoms with E-state index in [1.807, 2.05) is 19.2 Å². The third-order valence-electron chi connectivity index (χ3n) is 3.72. The average molecular weight is 335 g/mol. The summed E-state index contributed by atoms with van der Waals surface area (Å²) in [6.45, 7) is 5.98. The molecule has 2 rings (SSSR count). The number of aromatic nitrogens is 1. The molecule has 124 valence electrons. The van der Waals surface area contributed by atoms with E-state index in [1.54, 1.807) is 6.92 Å². The van der Waals surface area contributed by atoms with Crippen molar-refractivity contribution in [1.29, 1.82) is 5.26 Å². The Kier molecular flexibility index (Phi) is 5.99. The van der Waals surface area contributed by atoms with Crippen LogP contribution in [0.4, 0.5) is 0 Å². The topological polar surface area (TPSA) is 75.3 Å². The van der Waals surface area contributed by atoms with E-state index in [0.717, 1.165) is 25.9 Å². The number of hydrogen-bond acceptors (Lipinski definition) is 6. The van der Waals surface area contributed by atoms with Gasteiger partial charge in [-0.3, -0.25) is 9.36 Å². The van der Waals surface area contributed by atoms with Crippen molar-refractivity contribution in [3.8, 4) is 6.07 Å². The number of nitriles is 1. The maximum Gasteiger partial charge on any atom is 0.351 e. The molecule has 1 saturated heterocycles. The third-order valence-corrected chi connectivity index (χ3v) is 4.84. The minimum atomic E-state index is -0.678. The van der Waals surface area contributed by atoms with E-state index in [9.17, 15) is 14.9 Å². The molecule has 1 aromatic rings. The van der Waals surface area contributed by atoms with E-state index in [-0.39, 0.29) is 17.7 Å². The predicted octanol–water partition coefficient (Wildman–Crippen LogP) is 0.391. The quantitative estimate of drug-likeness (QED) is 0.744. The molecular formula is C16H21N3O3S. The number of piperidine rings is 1. The fourth-order valence-electron chi connectivity index (χ4n) is 2.58. The summed E-state index contributed by atoms with van der Waals surface area (Å²) in [5, 5.41) is 9.30. The lowest BCUT2D eigenvalue weighted by Gasteiger charge is -2.24. The Morgan fingerprint density at radius 3 is 2.61 bits per heavy atom. The van der Waals surface area contributed by atoms with Crippen molar-refractivity contribution in [1.82, 2.24) is 9.47 Å². The number of ether oxygens (including phenoxy) is 1. The molecule has 7 heteroatoms. The molecule has 1 aromatic heterocycles. The van der Waals surface area contributed by atoms with Gasteiger partial charge in [-0.05, 0) is 33.1 Å². The second kappa shape index (κ2) is 7.97. The molecule has 0 aromatic carbocycles. The number of nitrogens with zero attached hydrogens (tertiary/aromatic N) is 3. The fourth-order valence-corrected chi connectivity index (χ4v) is 3.74. The van der Waals surface area contributed by atoms with Gasteiger partial charge in [0, 0.05) is 25.8 Å². The van der Waals surface area contributed by atoms with Crippen molar-refractivity contribution in [2.24, 2.45) is 0 Å². The Labute approximate surface area is 138 Å². The average Bonchev–Trinajstić information content (AvgIpc) is 2.85. The van der Waals surface area contributed by atoms with Gasteiger partial charge in [-0.1, -0.05) is 0 Å². The van der Waals surface area contributed by atoms with Crippen molar-refractivity contribution >= 4 is 29.1 Å². The normalized spacial score (nSPS) is 16.9. The van der Waals surface area contributed by atoms with E-state index >= 15 is 0 Å². The van der Waals surface area contributed by atoms with Crippen molar-refractivity contribution in [3.05, 3.63) is 19.5 Å². The molecule has 0 amide bonds. The largest absolute Gasteiger partial charge is 0.462 e. The van der Waals surface area contributed by atoms with Crippen LogP contribution in [0.25, 0.3) is 11.8 Å². The minimum absolute atomic E-state index is 0.103. The summed E-state index contributed by atoms with van der Waals surface area (Å²) in [5.41, 5.74) is -0.260. The zero-order valence-electron chi connectivity index (χ0n) is 13.5. The smallest absolute Gasteiger partial charge is 0.351 e. The van der Waals surface area contributed by atoms with Crippen LogP contribution in [0.15, 0.2) is 4.79 Å². The van der Waals surface area contributed by atoms with Gasteiger partial charge in [0.15, 0.2) is 5.57 Å². The summed E-state index contributed by atoms with van der Waals surface area (Å²) in [4.78, 5) is 26.6. The molecule has 0 atom stereocenters. The van der Waals surface area contributed by atoms with Crippen LogP contribution in [-0.2, 0) is 16.1 Å². The third kappa shape index (κ3) is 3.82. The molecule has 0 aliphatic carbocycles. The van der Waals surface area contributed by atoms with Crippen LogP contribution in [0.1, 0.15) is 33.1 Å². The van der Waals surface area contributed by atoms with Gasteiger partial charge >= 0.3 is 5.97 Å². The molecule has 0 spiro atoms. The van der Waals surface area contributed by atoms with Gasteiger partial charge in [0.1, 0.15) is 15.3 Å². The highest BCUT2D eigenvalue weighted by atomic mass is 32.1. The number of thiazole rings is 1. The van der Waals surface area contributed by atoms with Crippen molar-refractivity contribution in [3.63, 3.8) is 0 Å². The summed E-state index contributed by atoms with van der Waals surface area (Å²) in [6, 6.07) is 1.89. The van der Waals surface area contributed by atoms with Gasteiger partial charge in [-0.2, -0.15) is 5.26 Å². The molecule has 0 unspecified atom stereocenters. The van der Waals surface area contributed by atoms with Gasteiger partial charge in [0.25, 0.3) is 5.56 Å². The number of rotatable bonds is 4. The Balaban J connectivity index is 2.60. The second-order valence-electron chi connectivity index (χ2n) is 5.25. The molecule has 0 bridgehead atoms. The molecule has 23 heavy (non-hydrogen) atoms. The zero-order chi connectivity index (χ0) is 16.8.